The van der Waals surface area contributed by atoms with Gasteiger partial charge in [-0.15, -0.1) is 11.3 Å². The second-order valence-corrected chi connectivity index (χ2v) is 9.64. The zero-order chi connectivity index (χ0) is 27.2. The normalized spacial score (nSPS) is 12.1. The number of fused-ring (bicyclic) bond motifs is 1. The minimum Gasteiger partial charge on any atom is -0.494 e. The number of benzene rings is 1. The standard InChI is InChI=1S/C29H37N5O3S/c1-3-6-25(23-7-4-8-24(16-23)37-14-5-10-31-11-9-28(30)36)21(2)17-33-26-20-38-27-15-22(18-32-12-13-35)19-34-29(26)27/h3-4,6-8,15-17,19-20,31-33,35H,1,5,9-14,18H2,2H3,(H2,30,36)/b21-17+,25-6+. The summed E-state index contributed by atoms with van der Waals surface area (Å²) in [7, 11) is 0. The van der Waals surface area contributed by atoms with Gasteiger partial charge in [0.1, 0.15) is 11.3 Å². The molecular weight excluding hydrogens is 498 g/mol. The van der Waals surface area contributed by atoms with Crippen LogP contribution < -0.4 is 26.4 Å². The molecule has 38 heavy (non-hydrogen) atoms. The van der Waals surface area contributed by atoms with Gasteiger partial charge in [0.2, 0.25) is 5.91 Å². The lowest BCUT2D eigenvalue weighted by molar-refractivity contribution is -0.117. The Balaban J connectivity index is 1.62. The summed E-state index contributed by atoms with van der Waals surface area (Å²) >= 11 is 1.65. The molecule has 8 nitrogen and oxygen atoms in total. The van der Waals surface area contributed by atoms with Crippen LogP contribution in [-0.2, 0) is 11.3 Å². The van der Waals surface area contributed by atoms with Gasteiger partial charge in [-0.3, -0.25) is 9.78 Å². The summed E-state index contributed by atoms with van der Waals surface area (Å²) < 4.78 is 7.05. The number of allylic oxidation sites excluding steroid dienone is 4. The van der Waals surface area contributed by atoms with E-state index in [1.54, 1.807) is 17.4 Å². The number of thiophene rings is 1. The first-order valence-corrected chi connectivity index (χ1v) is 13.6. The van der Waals surface area contributed by atoms with Crippen molar-refractivity contribution in [2.75, 3.05) is 38.2 Å². The number of aromatic nitrogens is 1. The number of amides is 1. The molecule has 1 amide bonds. The van der Waals surface area contributed by atoms with Crippen LogP contribution in [0.25, 0.3) is 15.8 Å². The van der Waals surface area contributed by atoms with E-state index in [-0.39, 0.29) is 12.5 Å². The highest BCUT2D eigenvalue weighted by atomic mass is 32.1. The number of carbonyl (C=O) groups excluding carboxylic acids is 1. The van der Waals surface area contributed by atoms with Gasteiger partial charge in [-0.25, -0.2) is 0 Å². The number of aliphatic hydroxyl groups is 1. The fraction of sp³-hybridized carbons (Fsp3) is 0.310. The van der Waals surface area contributed by atoms with Crippen LogP contribution >= 0.6 is 11.3 Å². The van der Waals surface area contributed by atoms with Crippen molar-refractivity contribution in [3.8, 4) is 5.75 Å². The van der Waals surface area contributed by atoms with Crippen LogP contribution in [0.3, 0.4) is 0 Å². The zero-order valence-corrected chi connectivity index (χ0v) is 22.7. The van der Waals surface area contributed by atoms with Crippen LogP contribution in [0, 0.1) is 0 Å². The molecule has 1 aromatic carbocycles. The molecule has 0 radical (unpaired) electrons. The number of aliphatic hydroxyl groups excluding tert-OH is 1. The van der Waals surface area contributed by atoms with Crippen molar-refractivity contribution in [2.45, 2.75) is 26.3 Å². The number of rotatable bonds is 17. The van der Waals surface area contributed by atoms with Crippen LogP contribution in [0.4, 0.5) is 5.69 Å². The number of nitrogens with one attached hydrogen (secondary N) is 3. The number of primary amides is 1. The Morgan fingerprint density at radius 1 is 1.24 bits per heavy atom. The summed E-state index contributed by atoms with van der Waals surface area (Å²) in [5.74, 6) is 0.499. The van der Waals surface area contributed by atoms with Gasteiger partial charge >= 0.3 is 0 Å². The van der Waals surface area contributed by atoms with E-state index in [1.807, 2.05) is 36.7 Å². The van der Waals surface area contributed by atoms with Crippen molar-refractivity contribution >= 4 is 38.7 Å². The van der Waals surface area contributed by atoms with E-state index in [0.717, 1.165) is 56.9 Å². The van der Waals surface area contributed by atoms with Crippen LogP contribution in [-0.4, -0.2) is 48.8 Å². The van der Waals surface area contributed by atoms with Gasteiger partial charge in [-0.05, 0) is 60.4 Å². The lowest BCUT2D eigenvalue weighted by Crippen LogP contribution is -2.23. The van der Waals surface area contributed by atoms with E-state index in [4.69, 9.17) is 15.6 Å². The Bertz CT molecular complexity index is 1270. The second kappa shape index (κ2) is 15.7. The Morgan fingerprint density at radius 3 is 2.89 bits per heavy atom. The molecule has 6 N–H and O–H groups in total. The van der Waals surface area contributed by atoms with Gasteiger partial charge in [0.05, 0.1) is 23.6 Å². The third-order valence-corrected chi connectivity index (χ3v) is 6.62. The molecule has 0 aliphatic carbocycles. The smallest absolute Gasteiger partial charge is 0.218 e. The van der Waals surface area contributed by atoms with Crippen LogP contribution in [0.5, 0.6) is 5.75 Å². The molecule has 0 bridgehead atoms. The van der Waals surface area contributed by atoms with E-state index >= 15 is 0 Å². The average Bonchev–Trinajstić information content (AvgIpc) is 3.32. The molecule has 2 heterocycles. The number of ether oxygens (including phenoxy) is 1. The predicted octanol–water partition coefficient (Wildman–Crippen LogP) is 4.20. The van der Waals surface area contributed by atoms with Gasteiger partial charge in [0.15, 0.2) is 0 Å². The number of nitrogens with zero attached hydrogens (tertiary/aromatic N) is 1. The van der Waals surface area contributed by atoms with Gasteiger partial charge in [-0.1, -0.05) is 30.9 Å². The largest absolute Gasteiger partial charge is 0.494 e. The highest BCUT2D eigenvalue weighted by molar-refractivity contribution is 7.17. The molecule has 0 aliphatic heterocycles. The van der Waals surface area contributed by atoms with Crippen LogP contribution in [0.2, 0.25) is 0 Å². The van der Waals surface area contributed by atoms with E-state index in [1.165, 1.54) is 0 Å². The number of hydrogen-bond donors (Lipinski definition) is 5. The summed E-state index contributed by atoms with van der Waals surface area (Å²) in [5.41, 5.74) is 11.2. The average molecular weight is 536 g/mol. The lowest BCUT2D eigenvalue weighted by atomic mass is 9.99. The Kier molecular flexibility index (Phi) is 12.0. The highest BCUT2D eigenvalue weighted by Gasteiger charge is 2.09. The molecule has 0 unspecified atom stereocenters. The first-order chi connectivity index (χ1) is 18.5. The number of anilines is 1. The fourth-order valence-corrected chi connectivity index (χ4v) is 4.70. The first kappa shape index (κ1) is 29.1. The summed E-state index contributed by atoms with van der Waals surface area (Å²) in [5, 5.41) is 20.8. The van der Waals surface area contributed by atoms with Crippen molar-refractivity contribution in [2.24, 2.45) is 5.73 Å². The maximum Gasteiger partial charge on any atom is 0.218 e. The van der Waals surface area contributed by atoms with Gasteiger partial charge in [-0.2, -0.15) is 0 Å². The highest BCUT2D eigenvalue weighted by Crippen LogP contribution is 2.31. The summed E-state index contributed by atoms with van der Waals surface area (Å²) in [6.07, 6.45) is 8.79. The van der Waals surface area contributed by atoms with E-state index in [9.17, 15) is 4.79 Å². The molecule has 0 fully saturated rings. The summed E-state index contributed by atoms with van der Waals surface area (Å²) in [6.45, 7) is 9.22. The Labute approximate surface area is 228 Å². The first-order valence-electron chi connectivity index (χ1n) is 12.7. The van der Waals surface area contributed by atoms with Crippen LogP contribution in [0.15, 0.2) is 72.4 Å². The predicted molar refractivity (Wildman–Crippen MR) is 157 cm³/mol. The topological polar surface area (TPSA) is 122 Å². The maximum atomic E-state index is 10.8. The molecule has 9 heteroatoms. The van der Waals surface area contributed by atoms with Crippen molar-refractivity contribution in [3.63, 3.8) is 0 Å². The van der Waals surface area contributed by atoms with Gasteiger partial charge < -0.3 is 31.5 Å². The number of carbonyl (C=O) groups is 1. The molecule has 202 valence electrons. The minimum absolute atomic E-state index is 0.118. The molecule has 0 atom stereocenters. The number of pyridine rings is 1. The summed E-state index contributed by atoms with van der Waals surface area (Å²) in [4.78, 5) is 15.4. The van der Waals surface area contributed by atoms with E-state index < -0.39 is 0 Å². The third kappa shape index (κ3) is 9.11. The molecule has 3 rings (SSSR count). The second-order valence-electron chi connectivity index (χ2n) is 8.72. The molecule has 0 saturated heterocycles. The van der Waals surface area contributed by atoms with Crippen molar-refractivity contribution in [3.05, 3.63) is 83.5 Å². The zero-order valence-electron chi connectivity index (χ0n) is 21.8. The van der Waals surface area contributed by atoms with E-state index in [0.29, 0.717) is 32.7 Å². The fourth-order valence-electron chi connectivity index (χ4n) is 3.78. The van der Waals surface area contributed by atoms with Crippen molar-refractivity contribution in [1.29, 1.82) is 0 Å². The monoisotopic (exact) mass is 535 g/mol. The lowest BCUT2D eigenvalue weighted by Gasteiger charge is -2.12. The Morgan fingerprint density at radius 2 is 2.11 bits per heavy atom. The maximum absolute atomic E-state index is 10.8. The van der Waals surface area contributed by atoms with Crippen molar-refractivity contribution in [1.82, 2.24) is 15.6 Å². The van der Waals surface area contributed by atoms with Gasteiger partial charge in [0, 0.05) is 43.8 Å². The third-order valence-electron chi connectivity index (χ3n) is 5.70. The molecule has 2 aromatic heterocycles. The van der Waals surface area contributed by atoms with Gasteiger partial charge in [0.25, 0.3) is 0 Å². The number of nitrogens with two attached hydrogens (primary N) is 1. The van der Waals surface area contributed by atoms with E-state index in [2.05, 4.69) is 51.9 Å². The summed E-state index contributed by atoms with van der Waals surface area (Å²) in [6, 6.07) is 10.1. The molecule has 0 spiro atoms. The SMILES string of the molecule is C=C/C=C(\C(C)=C\Nc1csc2cc(CNCCO)cnc12)c1cccc(OCCCNCCC(N)=O)c1. The molecular formula is C29H37N5O3S. The van der Waals surface area contributed by atoms with Crippen molar-refractivity contribution < 1.29 is 14.6 Å². The minimum atomic E-state index is -0.300. The molecule has 0 aliphatic rings. The quantitative estimate of drug-likeness (QED) is 0.130. The molecule has 3 aromatic rings. The van der Waals surface area contributed by atoms with Crippen LogP contribution in [0.1, 0.15) is 30.9 Å². The molecule has 0 saturated carbocycles. The number of hydrogen-bond acceptors (Lipinski definition) is 8. The Hall–Kier alpha value is -3.50.